The van der Waals surface area contributed by atoms with Gasteiger partial charge in [0.2, 0.25) is 0 Å². The van der Waals surface area contributed by atoms with Crippen molar-refractivity contribution in [1.29, 1.82) is 0 Å². The molecule has 24 heavy (non-hydrogen) atoms. The van der Waals surface area contributed by atoms with Gasteiger partial charge in [0.25, 0.3) is 0 Å². The van der Waals surface area contributed by atoms with Gasteiger partial charge in [-0.25, -0.2) is 14.6 Å². The smallest absolute Gasteiger partial charge is 0.156 e. The van der Waals surface area contributed by atoms with Crippen molar-refractivity contribution >= 4 is 11.3 Å². The molecule has 0 unspecified atom stereocenters. The number of pyridine rings is 2. The SMILES string of the molecule is Cc1cccnc1-n1ccc(-c2sc(-c3cccnc3)nc2C)n1. The fraction of sp³-hybridized carbons (Fsp3) is 0.111. The van der Waals surface area contributed by atoms with Crippen molar-refractivity contribution in [2.24, 2.45) is 0 Å². The molecule has 0 spiro atoms. The minimum absolute atomic E-state index is 0.846. The summed E-state index contributed by atoms with van der Waals surface area (Å²) >= 11 is 1.63. The quantitative estimate of drug-likeness (QED) is 0.567. The summed E-state index contributed by atoms with van der Waals surface area (Å²) in [7, 11) is 0. The van der Waals surface area contributed by atoms with Crippen molar-refractivity contribution in [3.05, 3.63) is 66.4 Å². The van der Waals surface area contributed by atoms with E-state index in [1.54, 1.807) is 23.7 Å². The fourth-order valence-corrected chi connectivity index (χ4v) is 3.55. The first-order valence-electron chi connectivity index (χ1n) is 7.58. The number of nitrogens with zero attached hydrogens (tertiary/aromatic N) is 5. The molecule has 0 saturated heterocycles. The van der Waals surface area contributed by atoms with Crippen LogP contribution in [0.4, 0.5) is 0 Å². The number of aryl methyl sites for hydroxylation is 2. The van der Waals surface area contributed by atoms with E-state index >= 15 is 0 Å². The van der Waals surface area contributed by atoms with E-state index < -0.39 is 0 Å². The Bertz CT molecular complexity index is 988. The van der Waals surface area contributed by atoms with Gasteiger partial charge in [0.05, 0.1) is 10.6 Å². The summed E-state index contributed by atoms with van der Waals surface area (Å²) in [6.45, 7) is 4.04. The minimum Gasteiger partial charge on any atom is -0.264 e. The van der Waals surface area contributed by atoms with Crippen molar-refractivity contribution in [3.63, 3.8) is 0 Å². The Balaban J connectivity index is 1.73. The molecule has 0 aromatic carbocycles. The standard InChI is InChI=1S/C18H15N5S/c1-12-5-3-9-20-17(12)23-10-7-15(22-23)16-13(2)21-18(24-16)14-6-4-8-19-11-14/h3-11H,1-2H3. The van der Waals surface area contributed by atoms with Gasteiger partial charge in [-0.2, -0.15) is 5.10 Å². The molecule has 118 valence electrons. The highest BCUT2D eigenvalue weighted by molar-refractivity contribution is 7.18. The number of thiazole rings is 1. The number of hydrogen-bond donors (Lipinski definition) is 0. The second-order valence-corrected chi connectivity index (χ2v) is 6.46. The lowest BCUT2D eigenvalue weighted by Crippen LogP contribution is -2.00. The first-order chi connectivity index (χ1) is 11.7. The van der Waals surface area contributed by atoms with Gasteiger partial charge < -0.3 is 0 Å². The van der Waals surface area contributed by atoms with E-state index in [9.17, 15) is 0 Å². The summed E-state index contributed by atoms with van der Waals surface area (Å²) in [6, 6.07) is 9.90. The molecule has 4 heterocycles. The lowest BCUT2D eigenvalue weighted by atomic mass is 10.3. The average Bonchev–Trinajstić information content (AvgIpc) is 3.23. The predicted octanol–water partition coefficient (Wildman–Crippen LogP) is 4.07. The van der Waals surface area contributed by atoms with Crippen molar-refractivity contribution in [1.82, 2.24) is 24.7 Å². The van der Waals surface area contributed by atoms with Gasteiger partial charge in [0, 0.05) is 30.4 Å². The molecule has 0 aliphatic carbocycles. The molecule has 5 nitrogen and oxygen atoms in total. The molecular formula is C18H15N5S. The molecule has 4 aromatic heterocycles. The molecule has 0 aliphatic rings. The Labute approximate surface area is 143 Å². The normalized spacial score (nSPS) is 10.9. The maximum absolute atomic E-state index is 4.69. The summed E-state index contributed by atoms with van der Waals surface area (Å²) < 4.78 is 1.81. The Hall–Kier alpha value is -2.86. The van der Waals surface area contributed by atoms with Crippen molar-refractivity contribution in [2.75, 3.05) is 0 Å². The van der Waals surface area contributed by atoms with Gasteiger partial charge in [-0.15, -0.1) is 11.3 Å². The van der Waals surface area contributed by atoms with Crippen LogP contribution in [-0.2, 0) is 0 Å². The lowest BCUT2D eigenvalue weighted by Gasteiger charge is -2.03. The van der Waals surface area contributed by atoms with Crippen LogP contribution < -0.4 is 0 Å². The lowest BCUT2D eigenvalue weighted by molar-refractivity contribution is 0.841. The summed E-state index contributed by atoms with van der Waals surface area (Å²) in [5, 5.41) is 5.65. The maximum Gasteiger partial charge on any atom is 0.156 e. The Kier molecular flexibility index (Phi) is 3.66. The Morgan fingerprint density at radius 3 is 2.71 bits per heavy atom. The molecule has 4 aromatic rings. The van der Waals surface area contributed by atoms with E-state index in [-0.39, 0.29) is 0 Å². The van der Waals surface area contributed by atoms with Gasteiger partial charge in [-0.05, 0) is 43.7 Å². The van der Waals surface area contributed by atoms with E-state index in [4.69, 9.17) is 0 Å². The topological polar surface area (TPSA) is 56.5 Å². The molecule has 6 heteroatoms. The van der Waals surface area contributed by atoms with Crippen molar-refractivity contribution < 1.29 is 0 Å². The van der Waals surface area contributed by atoms with E-state index in [1.165, 1.54) is 0 Å². The second-order valence-electron chi connectivity index (χ2n) is 5.46. The average molecular weight is 333 g/mol. The molecule has 0 bridgehead atoms. The largest absolute Gasteiger partial charge is 0.264 e. The van der Waals surface area contributed by atoms with E-state index in [1.807, 2.05) is 61.3 Å². The third-order valence-corrected chi connectivity index (χ3v) is 4.95. The molecule has 0 radical (unpaired) electrons. The van der Waals surface area contributed by atoms with E-state index in [0.29, 0.717) is 0 Å². The summed E-state index contributed by atoms with van der Waals surface area (Å²) in [5.41, 5.74) is 3.99. The third-order valence-electron chi connectivity index (χ3n) is 3.73. The van der Waals surface area contributed by atoms with Crippen LogP contribution in [0, 0.1) is 13.8 Å². The molecule has 0 fully saturated rings. The van der Waals surface area contributed by atoms with Crippen LogP contribution in [0.5, 0.6) is 0 Å². The molecule has 0 saturated carbocycles. The molecule has 0 atom stereocenters. The van der Waals surface area contributed by atoms with Crippen LogP contribution in [0.25, 0.3) is 27.0 Å². The van der Waals surface area contributed by atoms with Crippen LogP contribution in [-0.4, -0.2) is 24.7 Å². The fourth-order valence-electron chi connectivity index (χ4n) is 2.53. The Morgan fingerprint density at radius 1 is 1.04 bits per heavy atom. The second kappa shape index (κ2) is 5.98. The zero-order chi connectivity index (χ0) is 16.5. The zero-order valence-electron chi connectivity index (χ0n) is 13.3. The van der Waals surface area contributed by atoms with Crippen LogP contribution in [0.3, 0.4) is 0 Å². The minimum atomic E-state index is 0.846. The van der Waals surface area contributed by atoms with Gasteiger partial charge in [0.1, 0.15) is 10.7 Å². The van der Waals surface area contributed by atoms with E-state index in [2.05, 4.69) is 20.1 Å². The van der Waals surface area contributed by atoms with Crippen LogP contribution in [0.2, 0.25) is 0 Å². The molecule has 0 N–H and O–H groups in total. The first kappa shape index (κ1) is 14.7. The monoisotopic (exact) mass is 333 g/mol. The van der Waals surface area contributed by atoms with E-state index in [0.717, 1.165) is 38.2 Å². The zero-order valence-corrected chi connectivity index (χ0v) is 14.2. The molecule has 4 rings (SSSR count). The number of aromatic nitrogens is 5. The summed E-state index contributed by atoms with van der Waals surface area (Å²) in [4.78, 5) is 14.3. The summed E-state index contributed by atoms with van der Waals surface area (Å²) in [5.74, 6) is 0.846. The Morgan fingerprint density at radius 2 is 1.92 bits per heavy atom. The highest BCUT2D eigenvalue weighted by Gasteiger charge is 2.14. The molecule has 0 aliphatic heterocycles. The van der Waals surface area contributed by atoms with Crippen molar-refractivity contribution in [3.8, 4) is 27.0 Å². The maximum atomic E-state index is 4.69. The predicted molar refractivity (Wildman–Crippen MR) is 95.2 cm³/mol. The highest BCUT2D eigenvalue weighted by atomic mass is 32.1. The van der Waals surface area contributed by atoms with Gasteiger partial charge in [0.15, 0.2) is 5.82 Å². The summed E-state index contributed by atoms with van der Waals surface area (Å²) in [6.07, 6.45) is 7.31. The van der Waals surface area contributed by atoms with Gasteiger partial charge >= 0.3 is 0 Å². The number of rotatable bonds is 3. The van der Waals surface area contributed by atoms with Gasteiger partial charge in [-0.3, -0.25) is 4.98 Å². The van der Waals surface area contributed by atoms with Gasteiger partial charge in [-0.1, -0.05) is 6.07 Å². The molecule has 0 amide bonds. The van der Waals surface area contributed by atoms with Crippen LogP contribution >= 0.6 is 11.3 Å². The van der Waals surface area contributed by atoms with Crippen molar-refractivity contribution in [2.45, 2.75) is 13.8 Å². The first-order valence-corrected chi connectivity index (χ1v) is 8.40. The number of hydrogen-bond acceptors (Lipinski definition) is 5. The molecular weight excluding hydrogens is 318 g/mol. The third kappa shape index (κ3) is 2.61. The van der Waals surface area contributed by atoms with Crippen LogP contribution in [0.15, 0.2) is 55.1 Å². The highest BCUT2D eigenvalue weighted by Crippen LogP contribution is 2.34. The van der Waals surface area contributed by atoms with Crippen LogP contribution in [0.1, 0.15) is 11.3 Å².